The molecule has 140 valence electrons. The fourth-order valence-electron chi connectivity index (χ4n) is 3.42. The summed E-state index contributed by atoms with van der Waals surface area (Å²) in [4.78, 5) is 26.9. The summed E-state index contributed by atoms with van der Waals surface area (Å²) in [5.41, 5.74) is 1.59. The van der Waals surface area contributed by atoms with Crippen LogP contribution in [0.5, 0.6) is 0 Å². The Hall–Kier alpha value is -1.92. The number of para-hydroxylation sites is 1. The lowest BCUT2D eigenvalue weighted by atomic mass is 10.2. The van der Waals surface area contributed by atoms with Crippen molar-refractivity contribution in [2.75, 3.05) is 10.6 Å². The molecule has 0 saturated heterocycles. The number of nitrogens with one attached hydrogen (secondary N) is 2. The highest BCUT2D eigenvalue weighted by Crippen LogP contribution is 2.37. The fourth-order valence-corrected chi connectivity index (χ4v) is 5.78. The standard InChI is InChI=1S/C21H22N2O2S2/c24-20(13-19-21(25)23-17-7-3-4-8-18(17)27-19)22-14-9-11-16(12-10-14)26-15-5-1-2-6-15/h3-4,7-12,15,19H,1-2,5-6,13H2,(H,22,24)(H,23,25). The molecule has 0 bridgehead atoms. The maximum Gasteiger partial charge on any atom is 0.238 e. The quantitative estimate of drug-likeness (QED) is 0.730. The zero-order valence-corrected chi connectivity index (χ0v) is 16.6. The van der Waals surface area contributed by atoms with Crippen molar-refractivity contribution in [3.05, 3.63) is 48.5 Å². The Balaban J connectivity index is 1.32. The molecule has 2 N–H and O–H groups in total. The monoisotopic (exact) mass is 398 g/mol. The fraction of sp³-hybridized carbons (Fsp3) is 0.333. The molecule has 1 atom stereocenters. The van der Waals surface area contributed by atoms with Crippen molar-refractivity contribution >= 4 is 46.7 Å². The van der Waals surface area contributed by atoms with Crippen molar-refractivity contribution in [3.8, 4) is 0 Å². The maximum atomic E-state index is 12.4. The summed E-state index contributed by atoms with van der Waals surface area (Å²) in [6.45, 7) is 0. The van der Waals surface area contributed by atoms with E-state index in [1.54, 1.807) is 0 Å². The molecule has 4 nitrogen and oxygen atoms in total. The van der Waals surface area contributed by atoms with Crippen LogP contribution in [0.1, 0.15) is 32.1 Å². The first-order valence-electron chi connectivity index (χ1n) is 9.30. The Bertz CT molecular complexity index is 832. The molecular formula is C21H22N2O2S2. The van der Waals surface area contributed by atoms with Gasteiger partial charge in [-0.1, -0.05) is 25.0 Å². The predicted molar refractivity (Wildman–Crippen MR) is 113 cm³/mol. The number of thioether (sulfide) groups is 2. The second kappa shape index (κ2) is 8.40. The molecule has 1 heterocycles. The number of hydrogen-bond donors (Lipinski definition) is 2. The highest BCUT2D eigenvalue weighted by Gasteiger charge is 2.28. The molecule has 4 rings (SSSR count). The van der Waals surface area contributed by atoms with Gasteiger partial charge in [-0.3, -0.25) is 9.59 Å². The third-order valence-electron chi connectivity index (χ3n) is 4.82. The van der Waals surface area contributed by atoms with Gasteiger partial charge in [0.2, 0.25) is 11.8 Å². The first-order chi connectivity index (χ1) is 13.2. The molecule has 1 saturated carbocycles. The summed E-state index contributed by atoms with van der Waals surface area (Å²) in [6, 6.07) is 15.7. The van der Waals surface area contributed by atoms with Gasteiger partial charge in [-0.05, 0) is 49.2 Å². The van der Waals surface area contributed by atoms with Gasteiger partial charge >= 0.3 is 0 Å². The van der Waals surface area contributed by atoms with E-state index in [4.69, 9.17) is 0 Å². The maximum absolute atomic E-state index is 12.4. The minimum atomic E-state index is -0.405. The Morgan fingerprint density at radius 3 is 2.63 bits per heavy atom. The van der Waals surface area contributed by atoms with Gasteiger partial charge in [-0.2, -0.15) is 0 Å². The SMILES string of the molecule is O=C(CC1Sc2ccccc2NC1=O)Nc1ccc(SC2CCCC2)cc1. The molecule has 2 aliphatic rings. The van der Waals surface area contributed by atoms with Crippen LogP contribution >= 0.6 is 23.5 Å². The van der Waals surface area contributed by atoms with Crippen LogP contribution in [0.2, 0.25) is 0 Å². The van der Waals surface area contributed by atoms with E-state index in [-0.39, 0.29) is 18.2 Å². The lowest BCUT2D eigenvalue weighted by Gasteiger charge is -2.23. The molecule has 2 aromatic rings. The van der Waals surface area contributed by atoms with Gasteiger partial charge in [0.05, 0.1) is 10.9 Å². The number of carbonyl (C=O) groups is 2. The van der Waals surface area contributed by atoms with Crippen molar-refractivity contribution in [1.29, 1.82) is 0 Å². The van der Waals surface area contributed by atoms with Crippen LogP contribution < -0.4 is 10.6 Å². The molecule has 1 aliphatic heterocycles. The van der Waals surface area contributed by atoms with E-state index in [2.05, 4.69) is 22.8 Å². The normalized spacial score (nSPS) is 19.4. The van der Waals surface area contributed by atoms with Gasteiger partial charge in [0.1, 0.15) is 0 Å². The Labute approximate surface area is 167 Å². The molecule has 0 radical (unpaired) electrons. The van der Waals surface area contributed by atoms with Gasteiger partial charge < -0.3 is 10.6 Å². The molecule has 2 amide bonds. The zero-order chi connectivity index (χ0) is 18.6. The van der Waals surface area contributed by atoms with Crippen molar-refractivity contribution in [1.82, 2.24) is 0 Å². The van der Waals surface area contributed by atoms with Gasteiger partial charge in [0.15, 0.2) is 0 Å². The molecule has 0 spiro atoms. The van der Waals surface area contributed by atoms with E-state index in [1.807, 2.05) is 48.2 Å². The molecular weight excluding hydrogens is 376 g/mol. The van der Waals surface area contributed by atoms with E-state index >= 15 is 0 Å². The lowest BCUT2D eigenvalue weighted by Crippen LogP contribution is -2.32. The molecule has 6 heteroatoms. The first-order valence-corrected chi connectivity index (χ1v) is 11.1. The highest BCUT2D eigenvalue weighted by atomic mass is 32.2. The molecule has 1 fully saturated rings. The van der Waals surface area contributed by atoms with E-state index < -0.39 is 5.25 Å². The largest absolute Gasteiger partial charge is 0.326 e. The molecule has 1 unspecified atom stereocenters. The number of amides is 2. The zero-order valence-electron chi connectivity index (χ0n) is 14.9. The van der Waals surface area contributed by atoms with Crippen molar-refractivity contribution in [2.24, 2.45) is 0 Å². The van der Waals surface area contributed by atoms with Crippen LogP contribution in [-0.2, 0) is 9.59 Å². The number of anilines is 2. The van der Waals surface area contributed by atoms with Crippen molar-refractivity contribution in [2.45, 2.75) is 52.4 Å². The predicted octanol–water partition coefficient (Wildman–Crippen LogP) is 5.16. The van der Waals surface area contributed by atoms with E-state index in [0.29, 0.717) is 0 Å². The minimum Gasteiger partial charge on any atom is -0.326 e. The number of fused-ring (bicyclic) bond motifs is 1. The lowest BCUT2D eigenvalue weighted by molar-refractivity contribution is -0.120. The molecule has 27 heavy (non-hydrogen) atoms. The average Bonchev–Trinajstić information content (AvgIpc) is 3.17. The van der Waals surface area contributed by atoms with Crippen molar-refractivity contribution < 1.29 is 9.59 Å². The number of rotatable bonds is 5. The minimum absolute atomic E-state index is 0.114. The van der Waals surface area contributed by atoms with Crippen LogP contribution in [0.3, 0.4) is 0 Å². The van der Waals surface area contributed by atoms with Crippen LogP contribution in [0.15, 0.2) is 58.3 Å². The average molecular weight is 399 g/mol. The molecule has 1 aliphatic carbocycles. The summed E-state index contributed by atoms with van der Waals surface area (Å²) < 4.78 is 0. The Morgan fingerprint density at radius 2 is 1.85 bits per heavy atom. The van der Waals surface area contributed by atoms with Gasteiger partial charge in [0.25, 0.3) is 0 Å². The van der Waals surface area contributed by atoms with Crippen molar-refractivity contribution in [3.63, 3.8) is 0 Å². The smallest absolute Gasteiger partial charge is 0.238 e. The van der Waals surface area contributed by atoms with Crippen LogP contribution in [0, 0.1) is 0 Å². The Morgan fingerprint density at radius 1 is 1.11 bits per heavy atom. The summed E-state index contributed by atoms with van der Waals surface area (Å²) in [7, 11) is 0. The van der Waals surface area contributed by atoms with Gasteiger partial charge in [-0.15, -0.1) is 23.5 Å². The number of benzene rings is 2. The summed E-state index contributed by atoms with van der Waals surface area (Å²) in [5.74, 6) is -0.254. The third kappa shape index (κ3) is 4.68. The van der Waals surface area contributed by atoms with E-state index in [0.717, 1.165) is 21.5 Å². The van der Waals surface area contributed by atoms with Gasteiger partial charge in [-0.25, -0.2) is 0 Å². The Kier molecular flexibility index (Phi) is 5.74. The summed E-state index contributed by atoms with van der Waals surface area (Å²) in [5, 5.41) is 6.12. The second-order valence-corrected chi connectivity index (χ2v) is 9.51. The van der Waals surface area contributed by atoms with E-state index in [9.17, 15) is 9.59 Å². The van der Waals surface area contributed by atoms with E-state index in [1.165, 1.54) is 42.3 Å². The topological polar surface area (TPSA) is 58.2 Å². The third-order valence-corrected chi connectivity index (χ3v) is 7.44. The number of hydrogen-bond acceptors (Lipinski definition) is 4. The number of carbonyl (C=O) groups excluding carboxylic acids is 2. The first kappa shape index (κ1) is 18.4. The second-order valence-electron chi connectivity index (χ2n) is 6.89. The highest BCUT2D eigenvalue weighted by molar-refractivity contribution is 8.01. The van der Waals surface area contributed by atoms with Crippen LogP contribution in [-0.4, -0.2) is 22.3 Å². The van der Waals surface area contributed by atoms with Crippen LogP contribution in [0.25, 0.3) is 0 Å². The molecule has 2 aromatic carbocycles. The molecule has 0 aromatic heterocycles. The summed E-state index contributed by atoms with van der Waals surface area (Å²) in [6.07, 6.45) is 5.43. The van der Waals surface area contributed by atoms with Crippen LogP contribution in [0.4, 0.5) is 11.4 Å². The summed E-state index contributed by atoms with van der Waals surface area (Å²) >= 11 is 3.38. The van der Waals surface area contributed by atoms with Gasteiger partial charge in [0, 0.05) is 27.1 Å².